The van der Waals surface area contributed by atoms with Gasteiger partial charge in [-0.3, -0.25) is 34.9 Å². The lowest BCUT2D eigenvalue weighted by molar-refractivity contribution is -0.125. The summed E-state index contributed by atoms with van der Waals surface area (Å²) in [4.78, 5) is 53.9. The average Bonchev–Trinajstić information content (AvgIpc) is 3.33. The van der Waals surface area contributed by atoms with Crippen molar-refractivity contribution in [1.82, 2.24) is 15.8 Å². The predicted molar refractivity (Wildman–Crippen MR) is 120 cm³/mol. The number of thioether (sulfide) groups is 1. The molecular formula is C22H23N3O4S2. The quantitative estimate of drug-likeness (QED) is 0.514. The topological polar surface area (TPSA) is 95.6 Å². The molecule has 0 radical (unpaired) electrons. The molecule has 162 valence electrons. The van der Waals surface area contributed by atoms with Gasteiger partial charge in [-0.1, -0.05) is 12.1 Å². The van der Waals surface area contributed by atoms with Crippen LogP contribution < -0.4 is 10.9 Å². The number of benzene rings is 1. The van der Waals surface area contributed by atoms with E-state index in [1.807, 2.05) is 12.3 Å². The predicted octanol–water partition coefficient (Wildman–Crippen LogP) is 2.81. The minimum atomic E-state index is -1.00. The van der Waals surface area contributed by atoms with E-state index in [-0.39, 0.29) is 0 Å². The lowest BCUT2D eigenvalue weighted by atomic mass is 9.99. The fourth-order valence-corrected chi connectivity index (χ4v) is 5.57. The zero-order valence-corrected chi connectivity index (χ0v) is 18.7. The van der Waals surface area contributed by atoms with E-state index in [1.54, 1.807) is 24.3 Å². The molecule has 0 spiro atoms. The van der Waals surface area contributed by atoms with Gasteiger partial charge < -0.3 is 0 Å². The monoisotopic (exact) mass is 457 g/mol. The first-order valence-corrected chi connectivity index (χ1v) is 12.4. The first-order valence-electron chi connectivity index (χ1n) is 10.2. The number of hydrazine groups is 1. The molecule has 1 aliphatic carbocycles. The van der Waals surface area contributed by atoms with Gasteiger partial charge in [0, 0.05) is 4.88 Å². The maximum Gasteiger partial charge on any atom is 0.279 e. The molecule has 2 N–H and O–H groups in total. The molecule has 7 nitrogen and oxygen atoms in total. The lowest BCUT2D eigenvalue weighted by Crippen LogP contribution is -2.54. The van der Waals surface area contributed by atoms with Crippen molar-refractivity contribution in [2.45, 2.75) is 38.1 Å². The fourth-order valence-electron chi connectivity index (χ4n) is 3.96. The van der Waals surface area contributed by atoms with E-state index in [1.165, 1.54) is 33.5 Å². The molecule has 0 fully saturated rings. The molecule has 1 aliphatic heterocycles. The van der Waals surface area contributed by atoms with Crippen LogP contribution in [0.2, 0.25) is 0 Å². The van der Waals surface area contributed by atoms with Crippen molar-refractivity contribution >= 4 is 46.7 Å². The highest BCUT2D eigenvalue weighted by Gasteiger charge is 2.42. The third-order valence-corrected chi connectivity index (χ3v) is 7.43. The number of imide groups is 1. The van der Waals surface area contributed by atoms with Crippen molar-refractivity contribution in [2.75, 3.05) is 12.0 Å². The number of hydrogen-bond donors (Lipinski definition) is 2. The van der Waals surface area contributed by atoms with E-state index in [9.17, 15) is 19.2 Å². The summed E-state index contributed by atoms with van der Waals surface area (Å²) in [6.45, 7) is 0. The standard InChI is InChI=1S/C22H23N3O4S2/c1-30-11-10-16(25-21(28)14-7-3-4-8-15(14)22(25)29)19(26)23-24-20(27)18-12-13-6-2-5-9-17(13)31-18/h3-4,7-8,12,16H,2,5-6,9-11H2,1H3,(H,23,26)(H,24,27). The molecule has 9 heteroatoms. The van der Waals surface area contributed by atoms with Gasteiger partial charge in [0.05, 0.1) is 16.0 Å². The number of rotatable bonds is 6. The van der Waals surface area contributed by atoms with Crippen LogP contribution in [0.1, 0.15) is 60.1 Å². The van der Waals surface area contributed by atoms with Gasteiger partial charge in [-0.25, -0.2) is 0 Å². The molecule has 0 saturated heterocycles. The second kappa shape index (κ2) is 9.23. The number of thiophene rings is 1. The third-order valence-electron chi connectivity index (χ3n) is 5.55. The van der Waals surface area contributed by atoms with Crippen molar-refractivity contribution in [1.29, 1.82) is 0 Å². The minimum absolute atomic E-state index is 0.293. The van der Waals surface area contributed by atoms with Gasteiger partial charge >= 0.3 is 0 Å². The van der Waals surface area contributed by atoms with Gasteiger partial charge in [-0.15, -0.1) is 11.3 Å². The van der Waals surface area contributed by atoms with Gasteiger partial charge in [-0.05, 0) is 67.9 Å². The number of carbonyl (C=O) groups is 4. The molecule has 31 heavy (non-hydrogen) atoms. The number of fused-ring (bicyclic) bond motifs is 2. The summed E-state index contributed by atoms with van der Waals surface area (Å²) < 4.78 is 0. The van der Waals surface area contributed by atoms with Crippen LogP contribution in [0.5, 0.6) is 0 Å². The van der Waals surface area contributed by atoms with E-state index in [0.29, 0.717) is 28.2 Å². The van der Waals surface area contributed by atoms with Crippen LogP contribution in [-0.2, 0) is 17.6 Å². The first-order chi connectivity index (χ1) is 15.0. The first kappa shape index (κ1) is 21.6. The average molecular weight is 458 g/mol. The van der Waals surface area contributed by atoms with Crippen LogP contribution in [0, 0.1) is 0 Å². The number of nitrogens with one attached hydrogen (secondary N) is 2. The Labute approximate surface area is 188 Å². The minimum Gasteiger partial charge on any atom is -0.271 e. The highest BCUT2D eigenvalue weighted by Crippen LogP contribution is 2.29. The highest BCUT2D eigenvalue weighted by atomic mass is 32.2. The summed E-state index contributed by atoms with van der Waals surface area (Å²) in [7, 11) is 0. The van der Waals surface area contributed by atoms with Gasteiger partial charge in [0.15, 0.2) is 0 Å². The molecular weight excluding hydrogens is 434 g/mol. The van der Waals surface area contributed by atoms with Crippen molar-refractivity contribution in [3.8, 4) is 0 Å². The Balaban J connectivity index is 1.46. The van der Waals surface area contributed by atoms with Crippen LogP contribution in [0.4, 0.5) is 0 Å². The molecule has 0 bridgehead atoms. The second-order valence-electron chi connectivity index (χ2n) is 7.53. The van der Waals surface area contributed by atoms with E-state index in [2.05, 4.69) is 10.9 Å². The molecule has 2 aliphatic rings. The number of amides is 4. The maximum atomic E-state index is 12.9. The molecule has 4 rings (SSSR count). The zero-order valence-electron chi connectivity index (χ0n) is 17.1. The van der Waals surface area contributed by atoms with Gasteiger partial charge in [0.25, 0.3) is 23.6 Å². The Hall–Kier alpha value is -2.65. The number of hydrogen-bond acceptors (Lipinski definition) is 6. The van der Waals surface area contributed by atoms with Crippen LogP contribution in [0.25, 0.3) is 0 Å². The van der Waals surface area contributed by atoms with Crippen molar-refractivity contribution in [3.63, 3.8) is 0 Å². The SMILES string of the molecule is CSCCC(C(=O)NNC(=O)c1cc2c(s1)CCCC2)N1C(=O)c2ccccc2C1=O. The summed E-state index contributed by atoms with van der Waals surface area (Å²) in [6, 6.07) is 7.42. The third kappa shape index (κ3) is 4.24. The van der Waals surface area contributed by atoms with Gasteiger partial charge in [-0.2, -0.15) is 11.8 Å². The zero-order chi connectivity index (χ0) is 22.0. The molecule has 1 unspecified atom stereocenters. The molecule has 4 amide bonds. The summed E-state index contributed by atoms with van der Waals surface area (Å²) in [5.74, 6) is -1.37. The maximum absolute atomic E-state index is 12.9. The van der Waals surface area contributed by atoms with Gasteiger partial charge in [0.1, 0.15) is 6.04 Å². The Bertz CT molecular complexity index is 991. The summed E-state index contributed by atoms with van der Waals surface area (Å²) >= 11 is 2.96. The van der Waals surface area contributed by atoms with Crippen LogP contribution >= 0.6 is 23.1 Å². The van der Waals surface area contributed by atoms with Gasteiger partial charge in [0.2, 0.25) is 0 Å². The van der Waals surface area contributed by atoms with Crippen LogP contribution in [-0.4, -0.2) is 46.6 Å². The normalized spacial score (nSPS) is 16.0. The summed E-state index contributed by atoms with van der Waals surface area (Å²) in [6.07, 6.45) is 6.39. The Morgan fingerprint density at radius 1 is 1.10 bits per heavy atom. The highest BCUT2D eigenvalue weighted by molar-refractivity contribution is 7.98. The molecule has 1 atom stereocenters. The van der Waals surface area contributed by atoms with Crippen molar-refractivity contribution in [3.05, 3.63) is 56.8 Å². The number of carbonyl (C=O) groups excluding carboxylic acids is 4. The Morgan fingerprint density at radius 2 is 1.77 bits per heavy atom. The fraction of sp³-hybridized carbons (Fsp3) is 0.364. The van der Waals surface area contributed by atoms with Crippen LogP contribution in [0.15, 0.2) is 30.3 Å². The Kier molecular flexibility index (Phi) is 6.43. The lowest BCUT2D eigenvalue weighted by Gasteiger charge is -2.25. The van der Waals surface area contributed by atoms with E-state index in [4.69, 9.17) is 0 Å². The van der Waals surface area contributed by atoms with Crippen molar-refractivity contribution < 1.29 is 19.2 Å². The molecule has 2 heterocycles. The van der Waals surface area contributed by atoms with E-state index < -0.39 is 29.7 Å². The van der Waals surface area contributed by atoms with Crippen molar-refractivity contribution in [2.24, 2.45) is 0 Å². The summed E-state index contributed by atoms with van der Waals surface area (Å²) in [5.41, 5.74) is 6.68. The molecule has 0 saturated carbocycles. The van der Waals surface area contributed by atoms with E-state index in [0.717, 1.165) is 30.6 Å². The summed E-state index contributed by atoms with van der Waals surface area (Å²) in [5, 5.41) is 0. The molecule has 1 aromatic carbocycles. The van der Waals surface area contributed by atoms with Crippen LogP contribution in [0.3, 0.4) is 0 Å². The molecule has 1 aromatic heterocycles. The largest absolute Gasteiger partial charge is 0.279 e. The molecule has 2 aromatic rings. The smallest absolute Gasteiger partial charge is 0.271 e. The van der Waals surface area contributed by atoms with E-state index >= 15 is 0 Å². The second-order valence-corrected chi connectivity index (χ2v) is 9.66. The Morgan fingerprint density at radius 3 is 2.42 bits per heavy atom. The number of nitrogens with zero attached hydrogens (tertiary/aromatic N) is 1. The number of aryl methyl sites for hydroxylation is 2.